The van der Waals surface area contributed by atoms with Gasteiger partial charge in [0.05, 0.1) is 26.9 Å². The van der Waals surface area contributed by atoms with Crippen LogP contribution in [0.4, 0.5) is 0 Å². The first kappa shape index (κ1) is 24.4. The van der Waals surface area contributed by atoms with Crippen LogP contribution in [0.15, 0.2) is 24.3 Å². The van der Waals surface area contributed by atoms with E-state index in [-0.39, 0.29) is 18.2 Å². The van der Waals surface area contributed by atoms with Crippen LogP contribution in [-0.4, -0.2) is 85.6 Å². The predicted octanol–water partition coefficient (Wildman–Crippen LogP) is -0.583. The van der Waals surface area contributed by atoms with Crippen molar-refractivity contribution in [3.63, 3.8) is 0 Å². The fourth-order valence-electron chi connectivity index (χ4n) is 3.09. The normalized spacial score (nSPS) is 17.2. The minimum atomic E-state index is -1.41. The molecule has 0 radical (unpaired) electrons. The molecule has 31 heavy (non-hydrogen) atoms. The first-order valence-electron chi connectivity index (χ1n) is 9.99. The second-order valence-electron chi connectivity index (χ2n) is 7.31. The van der Waals surface area contributed by atoms with E-state index >= 15 is 0 Å². The number of methoxy groups -OCH3 is 1. The lowest BCUT2D eigenvalue weighted by molar-refractivity contribution is -0.148. The van der Waals surface area contributed by atoms with Crippen molar-refractivity contribution in [1.82, 2.24) is 15.5 Å². The molecule has 1 aromatic carbocycles. The highest BCUT2D eigenvalue weighted by atomic mass is 16.5. The average molecular weight is 435 g/mol. The molecular formula is C21H29N3O7. The van der Waals surface area contributed by atoms with Gasteiger partial charge in [0.15, 0.2) is 11.8 Å². The lowest BCUT2D eigenvalue weighted by atomic mass is 9.99. The van der Waals surface area contributed by atoms with Gasteiger partial charge in [0.1, 0.15) is 12.1 Å². The van der Waals surface area contributed by atoms with Gasteiger partial charge in [-0.05, 0) is 19.4 Å². The van der Waals surface area contributed by atoms with Crippen molar-refractivity contribution in [2.75, 3.05) is 40.0 Å². The zero-order chi connectivity index (χ0) is 23.0. The summed E-state index contributed by atoms with van der Waals surface area (Å²) in [4.78, 5) is 50.3. The number of Topliss-reactive ketones (excluding diaryl/α,β-unsaturated/α-hetero) is 1. The minimum absolute atomic E-state index is 0.131. The zero-order valence-electron chi connectivity index (χ0n) is 17.9. The van der Waals surface area contributed by atoms with Gasteiger partial charge in [-0.25, -0.2) is 4.79 Å². The van der Waals surface area contributed by atoms with Gasteiger partial charge in [0.2, 0.25) is 11.8 Å². The molecule has 2 rings (SSSR count). The highest BCUT2D eigenvalue weighted by molar-refractivity contribution is 5.94. The monoisotopic (exact) mass is 435 g/mol. The number of carbonyl (C=O) groups excluding carboxylic acids is 4. The van der Waals surface area contributed by atoms with Crippen LogP contribution in [0.25, 0.3) is 0 Å². The van der Waals surface area contributed by atoms with E-state index in [4.69, 9.17) is 9.47 Å². The molecule has 1 aliphatic heterocycles. The van der Waals surface area contributed by atoms with Crippen molar-refractivity contribution >= 4 is 23.6 Å². The lowest BCUT2D eigenvalue weighted by Crippen LogP contribution is -2.54. The average Bonchev–Trinajstić information content (AvgIpc) is 2.76. The molecule has 2 amide bonds. The molecule has 1 fully saturated rings. The second kappa shape index (κ2) is 11.5. The maximum Gasteiger partial charge on any atom is 0.331 e. The fourth-order valence-corrected chi connectivity index (χ4v) is 3.09. The van der Waals surface area contributed by atoms with Crippen LogP contribution in [-0.2, 0) is 23.9 Å². The molecule has 3 N–H and O–H groups in total. The van der Waals surface area contributed by atoms with Gasteiger partial charge in [-0.1, -0.05) is 24.3 Å². The largest absolute Gasteiger partial charge is 0.467 e. The molecule has 0 aromatic heterocycles. The van der Waals surface area contributed by atoms with Crippen LogP contribution in [0.2, 0.25) is 0 Å². The standard InChI is InChI=1S/C21H29N3O7/c1-13(22-17(26)12-24-8-10-31-11-9-24)20(28)23-18(21(29)30-3)19(27)16-6-4-15(5-7-16)14(2)25/h4-7,13,18-19,27H,8-12H2,1-3H3,(H,22,26)(H,23,28)/t13-,18-,19+/m0/s1. The quantitative estimate of drug-likeness (QED) is 0.346. The summed E-state index contributed by atoms with van der Waals surface area (Å²) in [5.74, 6) is -1.96. The molecule has 0 unspecified atom stereocenters. The van der Waals surface area contributed by atoms with E-state index in [0.717, 1.165) is 7.11 Å². The van der Waals surface area contributed by atoms with Crippen LogP contribution in [0.3, 0.4) is 0 Å². The molecule has 10 nitrogen and oxygen atoms in total. The van der Waals surface area contributed by atoms with Crippen molar-refractivity contribution in [3.8, 4) is 0 Å². The Morgan fingerprint density at radius 2 is 1.74 bits per heavy atom. The number of aliphatic hydroxyl groups excluding tert-OH is 1. The molecule has 0 spiro atoms. The lowest BCUT2D eigenvalue weighted by Gasteiger charge is -2.27. The Morgan fingerprint density at radius 3 is 2.29 bits per heavy atom. The maximum atomic E-state index is 12.6. The van der Waals surface area contributed by atoms with Gasteiger partial charge >= 0.3 is 5.97 Å². The number of amides is 2. The van der Waals surface area contributed by atoms with E-state index in [1.807, 2.05) is 4.90 Å². The number of aliphatic hydroxyl groups is 1. The van der Waals surface area contributed by atoms with Gasteiger partial charge in [-0.15, -0.1) is 0 Å². The molecule has 0 bridgehead atoms. The van der Waals surface area contributed by atoms with Crippen molar-refractivity contribution in [2.45, 2.75) is 32.0 Å². The van der Waals surface area contributed by atoms with E-state index in [2.05, 4.69) is 10.6 Å². The Hall–Kier alpha value is -2.82. The summed E-state index contributed by atoms with van der Waals surface area (Å²) in [6, 6.07) is 3.71. The van der Waals surface area contributed by atoms with E-state index in [1.54, 1.807) is 0 Å². The Bertz CT molecular complexity index is 791. The van der Waals surface area contributed by atoms with Gasteiger partial charge in [-0.3, -0.25) is 19.3 Å². The maximum absolute atomic E-state index is 12.6. The molecule has 1 aliphatic rings. The Labute approximate surface area is 180 Å². The van der Waals surface area contributed by atoms with Gasteiger partial charge in [0.25, 0.3) is 0 Å². The van der Waals surface area contributed by atoms with Crippen LogP contribution < -0.4 is 10.6 Å². The van der Waals surface area contributed by atoms with E-state index in [9.17, 15) is 24.3 Å². The zero-order valence-corrected chi connectivity index (χ0v) is 17.9. The molecule has 170 valence electrons. The minimum Gasteiger partial charge on any atom is -0.467 e. The summed E-state index contributed by atoms with van der Waals surface area (Å²) in [5, 5.41) is 15.7. The predicted molar refractivity (Wildman–Crippen MR) is 110 cm³/mol. The number of nitrogens with zero attached hydrogens (tertiary/aromatic N) is 1. The third-order valence-electron chi connectivity index (χ3n) is 4.97. The third kappa shape index (κ3) is 7.12. The van der Waals surface area contributed by atoms with Gasteiger partial charge in [-0.2, -0.15) is 0 Å². The number of morpholine rings is 1. The fraction of sp³-hybridized carbons (Fsp3) is 0.524. The van der Waals surface area contributed by atoms with Crippen molar-refractivity contribution in [2.24, 2.45) is 0 Å². The molecule has 0 saturated carbocycles. The number of ketones is 1. The Balaban J connectivity index is 1.99. The molecule has 0 aliphatic carbocycles. The number of hydrogen-bond donors (Lipinski definition) is 3. The number of benzene rings is 1. The number of nitrogens with one attached hydrogen (secondary N) is 2. The molecule has 1 aromatic rings. The third-order valence-corrected chi connectivity index (χ3v) is 4.97. The number of rotatable bonds is 9. The molecule has 1 saturated heterocycles. The van der Waals surface area contributed by atoms with E-state index in [0.29, 0.717) is 37.4 Å². The summed E-state index contributed by atoms with van der Waals surface area (Å²) in [6.07, 6.45) is -1.41. The number of carbonyl (C=O) groups is 4. The SMILES string of the molecule is COC(=O)[C@@H](NC(=O)[C@H](C)NC(=O)CN1CCOCC1)[C@H](O)c1ccc(C(C)=O)cc1. The number of ether oxygens (including phenoxy) is 2. The number of hydrogen-bond acceptors (Lipinski definition) is 8. The highest BCUT2D eigenvalue weighted by Crippen LogP contribution is 2.19. The van der Waals surface area contributed by atoms with Crippen molar-refractivity contribution in [1.29, 1.82) is 0 Å². The molecular weight excluding hydrogens is 406 g/mol. The van der Waals surface area contributed by atoms with Crippen molar-refractivity contribution in [3.05, 3.63) is 35.4 Å². The van der Waals surface area contributed by atoms with Crippen LogP contribution >= 0.6 is 0 Å². The molecule has 3 atom stereocenters. The molecule has 10 heteroatoms. The summed E-state index contributed by atoms with van der Waals surface area (Å²) >= 11 is 0. The van der Waals surface area contributed by atoms with Crippen LogP contribution in [0.1, 0.15) is 35.9 Å². The van der Waals surface area contributed by atoms with E-state index in [1.165, 1.54) is 38.1 Å². The highest BCUT2D eigenvalue weighted by Gasteiger charge is 2.32. The Kier molecular flexibility index (Phi) is 9.10. The second-order valence-corrected chi connectivity index (χ2v) is 7.31. The summed E-state index contributed by atoms with van der Waals surface area (Å²) in [6.45, 7) is 5.39. The summed E-state index contributed by atoms with van der Waals surface area (Å²) in [7, 11) is 1.14. The van der Waals surface area contributed by atoms with Gasteiger partial charge < -0.3 is 25.2 Å². The first-order valence-corrected chi connectivity index (χ1v) is 9.99. The van der Waals surface area contributed by atoms with Crippen molar-refractivity contribution < 1.29 is 33.8 Å². The summed E-state index contributed by atoms with van der Waals surface area (Å²) < 4.78 is 9.94. The Morgan fingerprint density at radius 1 is 1.13 bits per heavy atom. The summed E-state index contributed by atoms with van der Waals surface area (Å²) in [5.41, 5.74) is 0.774. The van der Waals surface area contributed by atoms with Gasteiger partial charge in [0, 0.05) is 18.7 Å². The first-order chi connectivity index (χ1) is 14.7. The van der Waals surface area contributed by atoms with E-state index < -0.39 is 30.1 Å². The smallest absolute Gasteiger partial charge is 0.331 e. The molecule has 1 heterocycles. The number of esters is 1. The van der Waals surface area contributed by atoms with Crippen LogP contribution in [0, 0.1) is 0 Å². The van der Waals surface area contributed by atoms with Crippen LogP contribution in [0.5, 0.6) is 0 Å². The topological polar surface area (TPSA) is 134 Å².